The van der Waals surface area contributed by atoms with Crippen LogP contribution in [-0.2, 0) is 10.2 Å². The predicted molar refractivity (Wildman–Crippen MR) is 118 cm³/mol. The number of nitrogens with zero attached hydrogens (tertiary/aromatic N) is 2. The molecule has 6 heteroatoms. The number of methoxy groups -OCH3 is 1. The number of anilines is 1. The van der Waals surface area contributed by atoms with Crippen molar-refractivity contribution >= 4 is 11.7 Å². The van der Waals surface area contributed by atoms with E-state index in [1.165, 1.54) is 31.2 Å². The summed E-state index contributed by atoms with van der Waals surface area (Å²) in [6.45, 7) is 8.84. The summed E-state index contributed by atoms with van der Waals surface area (Å²) in [6, 6.07) is 12.2. The maximum absolute atomic E-state index is 11.6. The molecule has 2 aromatic rings. The molecule has 1 saturated heterocycles. The smallest absolute Gasteiger partial charge is 0.337 e. The highest BCUT2D eigenvalue weighted by Crippen LogP contribution is 2.36. The zero-order valence-corrected chi connectivity index (χ0v) is 18.2. The molecule has 0 amide bonds. The van der Waals surface area contributed by atoms with Crippen molar-refractivity contribution in [3.05, 3.63) is 64.1 Å². The Kier molecular flexibility index (Phi) is 6.75. The van der Waals surface area contributed by atoms with Crippen molar-refractivity contribution in [2.24, 2.45) is 5.18 Å². The minimum Gasteiger partial charge on any atom is -0.491 e. The van der Waals surface area contributed by atoms with Gasteiger partial charge in [-0.15, -0.1) is 0 Å². The van der Waals surface area contributed by atoms with Crippen LogP contribution in [0.5, 0.6) is 5.75 Å². The van der Waals surface area contributed by atoms with Crippen molar-refractivity contribution in [2.45, 2.75) is 45.1 Å². The summed E-state index contributed by atoms with van der Waals surface area (Å²) in [5.41, 5.74) is 3.71. The summed E-state index contributed by atoms with van der Waals surface area (Å²) in [7, 11) is 1.34. The lowest BCUT2D eigenvalue weighted by Crippen LogP contribution is -2.24. The highest BCUT2D eigenvalue weighted by Gasteiger charge is 2.25. The molecule has 0 radical (unpaired) electrons. The molecule has 3 rings (SSSR count). The van der Waals surface area contributed by atoms with Gasteiger partial charge in [-0.2, -0.15) is 4.91 Å². The lowest BCUT2D eigenvalue weighted by Gasteiger charge is -2.29. The van der Waals surface area contributed by atoms with E-state index in [4.69, 9.17) is 9.47 Å². The maximum atomic E-state index is 11.6. The largest absolute Gasteiger partial charge is 0.491 e. The highest BCUT2D eigenvalue weighted by molar-refractivity contribution is 5.89. The molecule has 0 saturated carbocycles. The van der Waals surface area contributed by atoms with E-state index in [-0.39, 0.29) is 12.0 Å². The molecule has 6 nitrogen and oxygen atoms in total. The Bertz CT molecular complexity index is 881. The van der Waals surface area contributed by atoms with Crippen LogP contribution in [0.2, 0.25) is 0 Å². The first-order chi connectivity index (χ1) is 14.3. The van der Waals surface area contributed by atoms with E-state index in [0.717, 1.165) is 18.7 Å². The summed E-state index contributed by atoms with van der Waals surface area (Å²) in [5.74, 6) is 0.169. The quantitative estimate of drug-likeness (QED) is 0.460. The number of ether oxygens (including phenoxy) is 2. The van der Waals surface area contributed by atoms with Crippen LogP contribution in [0.1, 0.15) is 61.1 Å². The molecule has 1 aliphatic rings. The van der Waals surface area contributed by atoms with Crippen LogP contribution in [-0.4, -0.2) is 32.8 Å². The fraction of sp³-hybridized carbons (Fsp3) is 0.458. The van der Waals surface area contributed by atoms with Gasteiger partial charge in [0.1, 0.15) is 12.4 Å². The topological polar surface area (TPSA) is 68.2 Å². The van der Waals surface area contributed by atoms with Crippen LogP contribution in [0, 0.1) is 4.91 Å². The predicted octanol–water partition coefficient (Wildman–Crippen LogP) is 5.26. The molecule has 0 N–H and O–H groups in total. The second-order valence-corrected chi connectivity index (χ2v) is 8.67. The Hall–Kier alpha value is -2.89. The fourth-order valence-corrected chi connectivity index (χ4v) is 3.76. The van der Waals surface area contributed by atoms with Crippen LogP contribution in [0.15, 0.2) is 47.6 Å². The third kappa shape index (κ3) is 4.99. The number of rotatable bonds is 7. The molecule has 160 valence electrons. The standard InChI is InChI=1S/C24H30N2O4/c1-24(2,3)20-15-18(9-12-22(20)26-13-5-6-14-26)21(25-28)16-30-19-10-7-17(8-11-19)23(27)29-4/h7-12,15,21H,5-6,13-14,16H2,1-4H3. The number of carbonyl (C=O) groups excluding carboxylic acids is 1. The van der Waals surface area contributed by atoms with Gasteiger partial charge in [-0.3, -0.25) is 0 Å². The van der Waals surface area contributed by atoms with Gasteiger partial charge in [0, 0.05) is 18.8 Å². The number of carbonyl (C=O) groups is 1. The lowest BCUT2D eigenvalue weighted by atomic mass is 9.83. The molecule has 1 heterocycles. The van der Waals surface area contributed by atoms with Crippen LogP contribution < -0.4 is 9.64 Å². The van der Waals surface area contributed by atoms with E-state index in [1.807, 2.05) is 6.07 Å². The van der Waals surface area contributed by atoms with Gasteiger partial charge < -0.3 is 14.4 Å². The van der Waals surface area contributed by atoms with E-state index < -0.39 is 12.0 Å². The zero-order valence-electron chi connectivity index (χ0n) is 18.2. The highest BCUT2D eigenvalue weighted by atomic mass is 16.5. The minimum atomic E-state index is -0.612. The van der Waals surface area contributed by atoms with Crippen molar-refractivity contribution in [3.8, 4) is 5.75 Å². The summed E-state index contributed by atoms with van der Waals surface area (Å²) in [4.78, 5) is 25.6. The van der Waals surface area contributed by atoms with E-state index in [2.05, 4.69) is 43.0 Å². The second-order valence-electron chi connectivity index (χ2n) is 8.67. The van der Waals surface area contributed by atoms with Gasteiger partial charge in [-0.05, 0) is 59.7 Å². The molecule has 1 aliphatic heterocycles. The fourth-order valence-electron chi connectivity index (χ4n) is 3.76. The Morgan fingerprint density at radius 3 is 2.33 bits per heavy atom. The molecule has 1 fully saturated rings. The minimum absolute atomic E-state index is 0.0497. The summed E-state index contributed by atoms with van der Waals surface area (Å²) >= 11 is 0. The Balaban J connectivity index is 1.77. The first-order valence-corrected chi connectivity index (χ1v) is 10.4. The first-order valence-electron chi connectivity index (χ1n) is 10.4. The van der Waals surface area contributed by atoms with Gasteiger partial charge in [-0.1, -0.05) is 38.1 Å². The molecule has 30 heavy (non-hydrogen) atoms. The van der Waals surface area contributed by atoms with Crippen molar-refractivity contribution in [1.82, 2.24) is 0 Å². The molecule has 0 spiro atoms. The zero-order chi connectivity index (χ0) is 21.7. The van der Waals surface area contributed by atoms with E-state index in [0.29, 0.717) is 11.3 Å². The number of hydrogen-bond acceptors (Lipinski definition) is 6. The molecular weight excluding hydrogens is 380 g/mol. The van der Waals surface area contributed by atoms with Crippen molar-refractivity contribution in [3.63, 3.8) is 0 Å². The average molecular weight is 411 g/mol. The molecule has 1 unspecified atom stereocenters. The molecule has 0 bridgehead atoms. The second kappa shape index (κ2) is 9.28. The Morgan fingerprint density at radius 1 is 1.10 bits per heavy atom. The van der Waals surface area contributed by atoms with Gasteiger partial charge >= 0.3 is 5.97 Å². The maximum Gasteiger partial charge on any atom is 0.337 e. The van der Waals surface area contributed by atoms with Gasteiger partial charge in [0.15, 0.2) is 6.04 Å². The average Bonchev–Trinajstić information content (AvgIpc) is 3.28. The van der Waals surface area contributed by atoms with Gasteiger partial charge in [0.2, 0.25) is 0 Å². The van der Waals surface area contributed by atoms with Crippen molar-refractivity contribution < 1.29 is 14.3 Å². The Labute approximate surface area is 178 Å². The Morgan fingerprint density at radius 2 is 1.77 bits per heavy atom. The number of hydrogen-bond donors (Lipinski definition) is 0. The molecule has 1 atom stereocenters. The molecule has 0 aromatic heterocycles. The van der Waals surface area contributed by atoms with Gasteiger partial charge in [0.25, 0.3) is 0 Å². The lowest BCUT2D eigenvalue weighted by molar-refractivity contribution is 0.0600. The molecule has 0 aliphatic carbocycles. The summed E-state index contributed by atoms with van der Waals surface area (Å²) in [5, 5.41) is 3.32. The van der Waals surface area contributed by atoms with Crippen LogP contribution >= 0.6 is 0 Å². The van der Waals surface area contributed by atoms with Crippen molar-refractivity contribution in [1.29, 1.82) is 0 Å². The van der Waals surface area contributed by atoms with Crippen LogP contribution in [0.3, 0.4) is 0 Å². The third-order valence-electron chi connectivity index (χ3n) is 5.47. The van der Waals surface area contributed by atoms with E-state index >= 15 is 0 Å². The van der Waals surface area contributed by atoms with Crippen LogP contribution in [0.4, 0.5) is 5.69 Å². The third-order valence-corrected chi connectivity index (χ3v) is 5.47. The molecule has 2 aromatic carbocycles. The van der Waals surface area contributed by atoms with Gasteiger partial charge in [-0.25, -0.2) is 4.79 Å². The van der Waals surface area contributed by atoms with Crippen molar-refractivity contribution in [2.75, 3.05) is 31.7 Å². The van der Waals surface area contributed by atoms with Gasteiger partial charge in [0.05, 0.1) is 12.7 Å². The number of benzene rings is 2. The number of esters is 1. The summed E-state index contributed by atoms with van der Waals surface area (Å²) in [6.07, 6.45) is 2.43. The van der Waals surface area contributed by atoms with E-state index in [9.17, 15) is 9.70 Å². The first kappa shape index (κ1) is 21.8. The number of nitroso groups, excluding NO2 is 1. The van der Waals surface area contributed by atoms with Crippen LogP contribution in [0.25, 0.3) is 0 Å². The van der Waals surface area contributed by atoms with E-state index in [1.54, 1.807) is 24.3 Å². The monoisotopic (exact) mass is 410 g/mol. The molecular formula is C24H30N2O4. The normalized spacial score (nSPS) is 15.0. The summed E-state index contributed by atoms with van der Waals surface area (Å²) < 4.78 is 10.5. The SMILES string of the molecule is COC(=O)c1ccc(OCC(N=O)c2ccc(N3CCCC3)c(C(C)(C)C)c2)cc1.